The smallest absolute Gasteiger partial charge is 0.226 e. The minimum absolute atomic E-state index is 0.242. The first-order valence-electron chi connectivity index (χ1n) is 7.12. The third kappa shape index (κ3) is 4.06. The highest BCUT2D eigenvalue weighted by Crippen LogP contribution is 2.20. The second kappa shape index (κ2) is 7.23. The lowest BCUT2D eigenvalue weighted by atomic mass is 9.97. The number of benzene rings is 1. The minimum Gasteiger partial charge on any atom is -0.384 e. The molecule has 1 amide bonds. The van der Waals surface area contributed by atoms with Crippen LogP contribution >= 0.6 is 15.9 Å². The zero-order chi connectivity index (χ0) is 14.5. The van der Waals surface area contributed by atoms with Crippen LogP contribution in [0.2, 0.25) is 0 Å². The number of carbonyl (C=O) groups excluding carboxylic acids is 1. The van der Waals surface area contributed by atoms with E-state index in [4.69, 9.17) is 4.74 Å². The number of piperidine rings is 1. The van der Waals surface area contributed by atoms with Crippen molar-refractivity contribution in [1.29, 1.82) is 0 Å². The zero-order valence-electron chi connectivity index (χ0n) is 12.2. The molecule has 4 heteroatoms. The van der Waals surface area contributed by atoms with E-state index >= 15 is 0 Å². The molecule has 0 bridgehead atoms. The van der Waals surface area contributed by atoms with Crippen LogP contribution in [0.5, 0.6) is 0 Å². The van der Waals surface area contributed by atoms with Crippen LogP contribution in [-0.2, 0) is 16.0 Å². The molecule has 0 atom stereocenters. The maximum absolute atomic E-state index is 12.4. The number of methoxy groups -OCH3 is 1. The van der Waals surface area contributed by atoms with Crippen molar-refractivity contribution in [2.45, 2.75) is 26.2 Å². The molecule has 1 aliphatic rings. The van der Waals surface area contributed by atoms with Crippen molar-refractivity contribution in [1.82, 2.24) is 4.90 Å². The number of halogens is 1. The van der Waals surface area contributed by atoms with Gasteiger partial charge in [-0.25, -0.2) is 0 Å². The van der Waals surface area contributed by atoms with Gasteiger partial charge in [0.25, 0.3) is 0 Å². The molecule has 1 aromatic rings. The van der Waals surface area contributed by atoms with Crippen LogP contribution in [0.1, 0.15) is 24.0 Å². The number of amides is 1. The first-order chi connectivity index (χ1) is 9.60. The Kier molecular flexibility index (Phi) is 5.61. The van der Waals surface area contributed by atoms with Crippen molar-refractivity contribution >= 4 is 21.8 Å². The van der Waals surface area contributed by atoms with Gasteiger partial charge in [-0.2, -0.15) is 0 Å². The van der Waals surface area contributed by atoms with Gasteiger partial charge in [0.1, 0.15) is 0 Å². The van der Waals surface area contributed by atoms with Crippen LogP contribution in [0.15, 0.2) is 22.7 Å². The normalized spacial score (nSPS) is 16.4. The average Bonchev–Trinajstić information content (AvgIpc) is 2.43. The van der Waals surface area contributed by atoms with Gasteiger partial charge in [-0.05, 0) is 48.9 Å². The van der Waals surface area contributed by atoms with Gasteiger partial charge < -0.3 is 9.64 Å². The zero-order valence-corrected chi connectivity index (χ0v) is 13.8. The molecule has 0 aliphatic carbocycles. The van der Waals surface area contributed by atoms with Crippen LogP contribution < -0.4 is 0 Å². The molecule has 0 radical (unpaired) electrons. The Hall–Kier alpha value is -0.870. The van der Waals surface area contributed by atoms with Crippen molar-refractivity contribution in [3.8, 4) is 0 Å². The summed E-state index contributed by atoms with van der Waals surface area (Å²) in [6.07, 6.45) is 2.62. The fraction of sp³-hybridized carbons (Fsp3) is 0.562. The number of likely N-dealkylation sites (tertiary alicyclic amines) is 1. The summed E-state index contributed by atoms with van der Waals surface area (Å²) in [4.78, 5) is 14.3. The second-order valence-corrected chi connectivity index (χ2v) is 6.44. The summed E-state index contributed by atoms with van der Waals surface area (Å²) in [7, 11) is 1.74. The summed E-state index contributed by atoms with van der Waals surface area (Å²) in [5, 5.41) is 0. The topological polar surface area (TPSA) is 29.5 Å². The Bertz CT molecular complexity index is 468. The molecule has 1 heterocycles. The standard InChI is InChI=1S/C16H22BrNO2/c1-12-9-15(17)4-3-14(12)10-16(19)18-7-5-13(6-8-18)11-20-2/h3-4,9,13H,5-8,10-11H2,1-2H3. The molecule has 1 saturated heterocycles. The molecule has 0 saturated carbocycles. The van der Waals surface area contributed by atoms with E-state index in [1.54, 1.807) is 7.11 Å². The largest absolute Gasteiger partial charge is 0.384 e. The maximum atomic E-state index is 12.4. The van der Waals surface area contributed by atoms with Gasteiger partial charge in [-0.15, -0.1) is 0 Å². The van der Waals surface area contributed by atoms with Gasteiger partial charge in [0.05, 0.1) is 6.42 Å². The van der Waals surface area contributed by atoms with E-state index in [-0.39, 0.29) is 5.91 Å². The van der Waals surface area contributed by atoms with E-state index in [1.807, 2.05) is 17.0 Å². The SMILES string of the molecule is COCC1CCN(C(=O)Cc2ccc(Br)cc2C)CC1. The lowest BCUT2D eigenvalue weighted by Crippen LogP contribution is -2.40. The summed E-state index contributed by atoms with van der Waals surface area (Å²) in [5.41, 5.74) is 2.29. The Balaban J connectivity index is 1.89. The van der Waals surface area contributed by atoms with E-state index in [0.29, 0.717) is 12.3 Å². The molecule has 0 N–H and O–H groups in total. The number of hydrogen-bond donors (Lipinski definition) is 0. The lowest BCUT2D eigenvalue weighted by molar-refractivity contribution is -0.132. The molecule has 1 aliphatic heterocycles. The first-order valence-corrected chi connectivity index (χ1v) is 7.91. The quantitative estimate of drug-likeness (QED) is 0.843. The fourth-order valence-electron chi connectivity index (χ4n) is 2.72. The Morgan fingerprint density at radius 1 is 1.40 bits per heavy atom. The number of carbonyl (C=O) groups is 1. The summed E-state index contributed by atoms with van der Waals surface area (Å²) in [6, 6.07) is 6.10. The summed E-state index contributed by atoms with van der Waals surface area (Å²) in [6.45, 7) is 4.59. The van der Waals surface area contributed by atoms with E-state index in [1.165, 1.54) is 5.56 Å². The third-order valence-electron chi connectivity index (χ3n) is 4.02. The van der Waals surface area contributed by atoms with Crippen LogP contribution in [0.25, 0.3) is 0 Å². The molecular formula is C16H22BrNO2. The maximum Gasteiger partial charge on any atom is 0.226 e. The summed E-state index contributed by atoms with van der Waals surface area (Å²) >= 11 is 3.45. The molecule has 0 unspecified atom stereocenters. The van der Waals surface area contributed by atoms with Crippen LogP contribution in [-0.4, -0.2) is 37.6 Å². The summed E-state index contributed by atoms with van der Waals surface area (Å²) < 4.78 is 6.25. The van der Waals surface area contributed by atoms with E-state index in [0.717, 1.165) is 42.6 Å². The minimum atomic E-state index is 0.242. The molecule has 2 rings (SSSR count). The molecule has 3 nitrogen and oxygen atoms in total. The fourth-order valence-corrected chi connectivity index (χ4v) is 3.19. The molecule has 20 heavy (non-hydrogen) atoms. The highest BCUT2D eigenvalue weighted by atomic mass is 79.9. The lowest BCUT2D eigenvalue weighted by Gasteiger charge is -2.31. The van der Waals surface area contributed by atoms with Crippen molar-refractivity contribution < 1.29 is 9.53 Å². The van der Waals surface area contributed by atoms with Crippen LogP contribution in [0, 0.1) is 12.8 Å². The first kappa shape index (κ1) is 15.5. The number of aryl methyl sites for hydroxylation is 1. The monoisotopic (exact) mass is 339 g/mol. The van der Waals surface area contributed by atoms with Gasteiger partial charge >= 0.3 is 0 Å². The van der Waals surface area contributed by atoms with Crippen molar-refractivity contribution in [3.05, 3.63) is 33.8 Å². The van der Waals surface area contributed by atoms with E-state index in [2.05, 4.69) is 28.9 Å². The van der Waals surface area contributed by atoms with E-state index in [9.17, 15) is 4.79 Å². The number of nitrogens with zero attached hydrogens (tertiary/aromatic N) is 1. The van der Waals surface area contributed by atoms with Gasteiger partial charge in [0.2, 0.25) is 5.91 Å². The Labute approximate surface area is 129 Å². The Morgan fingerprint density at radius 2 is 2.10 bits per heavy atom. The predicted molar refractivity (Wildman–Crippen MR) is 83.8 cm³/mol. The predicted octanol–water partition coefficient (Wildman–Crippen LogP) is 3.19. The van der Waals surface area contributed by atoms with Gasteiger partial charge in [-0.3, -0.25) is 4.79 Å². The van der Waals surface area contributed by atoms with Crippen LogP contribution in [0.3, 0.4) is 0 Å². The molecule has 0 aromatic heterocycles. The second-order valence-electron chi connectivity index (χ2n) is 5.53. The van der Waals surface area contributed by atoms with Crippen molar-refractivity contribution in [2.75, 3.05) is 26.8 Å². The van der Waals surface area contributed by atoms with Crippen molar-refractivity contribution in [2.24, 2.45) is 5.92 Å². The average molecular weight is 340 g/mol. The molecular weight excluding hydrogens is 318 g/mol. The van der Waals surface area contributed by atoms with Gasteiger partial charge in [-0.1, -0.05) is 22.0 Å². The van der Waals surface area contributed by atoms with Gasteiger partial charge in [0, 0.05) is 31.3 Å². The van der Waals surface area contributed by atoms with Crippen LogP contribution in [0.4, 0.5) is 0 Å². The molecule has 110 valence electrons. The van der Waals surface area contributed by atoms with Gasteiger partial charge in [0.15, 0.2) is 0 Å². The number of rotatable bonds is 4. The van der Waals surface area contributed by atoms with E-state index < -0.39 is 0 Å². The molecule has 1 fully saturated rings. The summed E-state index contributed by atoms with van der Waals surface area (Å²) in [5.74, 6) is 0.852. The molecule has 0 spiro atoms. The highest BCUT2D eigenvalue weighted by Gasteiger charge is 2.22. The highest BCUT2D eigenvalue weighted by molar-refractivity contribution is 9.10. The number of ether oxygens (including phenoxy) is 1. The Morgan fingerprint density at radius 3 is 2.70 bits per heavy atom. The molecule has 1 aromatic carbocycles. The van der Waals surface area contributed by atoms with Crippen molar-refractivity contribution in [3.63, 3.8) is 0 Å². The third-order valence-corrected chi connectivity index (χ3v) is 4.51. The number of hydrogen-bond acceptors (Lipinski definition) is 2.